The van der Waals surface area contributed by atoms with Crippen molar-refractivity contribution in [1.29, 1.82) is 0 Å². The lowest BCUT2D eigenvalue weighted by atomic mass is 9.79. The Balaban J connectivity index is 1.43. The third-order valence-electron chi connectivity index (χ3n) is 6.33. The fraction of sp³-hybridized carbons (Fsp3) is 0.696. The summed E-state index contributed by atoms with van der Waals surface area (Å²) in [5, 5.41) is 6.64. The number of hydrogen-bond donors (Lipinski definition) is 2. The van der Waals surface area contributed by atoms with Gasteiger partial charge in [-0.25, -0.2) is 0 Å². The number of unbranched alkanes of at least 4 members (excludes halogenated alkanes) is 1. The quantitative estimate of drug-likeness (QED) is 0.708. The van der Waals surface area contributed by atoms with E-state index in [1.165, 1.54) is 57.1 Å². The first-order valence-corrected chi connectivity index (χ1v) is 10.8. The summed E-state index contributed by atoms with van der Waals surface area (Å²) in [6.07, 6.45) is 12.3. The second-order valence-electron chi connectivity index (χ2n) is 8.46. The maximum atomic E-state index is 12.6. The molecular weight excluding hydrogens is 320 g/mol. The Hall–Kier alpha value is -1.35. The number of piperidine rings is 1. The van der Waals surface area contributed by atoms with Crippen LogP contribution < -0.4 is 10.6 Å². The molecule has 26 heavy (non-hydrogen) atoms. The van der Waals surface area contributed by atoms with Crippen LogP contribution in [0.15, 0.2) is 24.3 Å². The van der Waals surface area contributed by atoms with E-state index in [9.17, 15) is 4.79 Å². The van der Waals surface area contributed by atoms with Crippen LogP contribution in [0.25, 0.3) is 0 Å². The van der Waals surface area contributed by atoms with Crippen molar-refractivity contribution in [3.8, 4) is 0 Å². The third-order valence-corrected chi connectivity index (χ3v) is 6.33. The van der Waals surface area contributed by atoms with Crippen LogP contribution in [-0.4, -0.2) is 19.0 Å². The Labute approximate surface area is 159 Å². The van der Waals surface area contributed by atoms with E-state index in [1.54, 1.807) is 0 Å². The molecule has 3 rings (SSSR count). The van der Waals surface area contributed by atoms with Crippen LogP contribution in [-0.2, 0) is 11.2 Å². The number of hydrogen-bond acceptors (Lipinski definition) is 2. The molecule has 0 spiro atoms. The van der Waals surface area contributed by atoms with Crippen molar-refractivity contribution in [2.45, 2.75) is 71.1 Å². The fourth-order valence-electron chi connectivity index (χ4n) is 4.61. The summed E-state index contributed by atoms with van der Waals surface area (Å²) in [5.74, 6) is 2.05. The van der Waals surface area contributed by atoms with E-state index < -0.39 is 0 Å². The molecule has 2 aliphatic rings. The lowest BCUT2D eigenvalue weighted by Gasteiger charge is -2.27. The largest absolute Gasteiger partial charge is 0.326 e. The molecule has 1 atom stereocenters. The van der Waals surface area contributed by atoms with Gasteiger partial charge in [-0.15, -0.1) is 0 Å². The first-order valence-electron chi connectivity index (χ1n) is 10.8. The maximum absolute atomic E-state index is 12.6. The Bertz CT molecular complexity index is 540. The van der Waals surface area contributed by atoms with Gasteiger partial charge in [-0.05, 0) is 87.6 Å². The highest BCUT2D eigenvalue weighted by molar-refractivity contribution is 5.92. The molecule has 1 aromatic carbocycles. The van der Waals surface area contributed by atoms with E-state index in [4.69, 9.17) is 0 Å². The van der Waals surface area contributed by atoms with Gasteiger partial charge in [0, 0.05) is 11.6 Å². The first kappa shape index (κ1) is 19.4. The maximum Gasteiger partial charge on any atom is 0.227 e. The van der Waals surface area contributed by atoms with Crippen molar-refractivity contribution in [2.24, 2.45) is 17.8 Å². The molecule has 144 valence electrons. The minimum absolute atomic E-state index is 0.209. The van der Waals surface area contributed by atoms with Gasteiger partial charge in [0.25, 0.3) is 0 Å². The molecule has 2 fully saturated rings. The molecule has 1 aliphatic heterocycles. The van der Waals surface area contributed by atoms with Gasteiger partial charge in [-0.3, -0.25) is 4.79 Å². The predicted octanol–water partition coefficient (Wildman–Crippen LogP) is 5.16. The topological polar surface area (TPSA) is 41.1 Å². The number of carbonyl (C=O) groups excluding carboxylic acids is 1. The molecule has 2 N–H and O–H groups in total. The summed E-state index contributed by atoms with van der Waals surface area (Å²) in [6.45, 7) is 4.57. The zero-order valence-electron chi connectivity index (χ0n) is 16.4. The molecule has 0 radical (unpaired) electrons. The fourth-order valence-corrected chi connectivity index (χ4v) is 4.61. The zero-order valence-corrected chi connectivity index (χ0v) is 16.4. The van der Waals surface area contributed by atoms with Crippen LogP contribution in [0, 0.1) is 17.8 Å². The van der Waals surface area contributed by atoms with Crippen LogP contribution in [0.1, 0.15) is 70.3 Å². The van der Waals surface area contributed by atoms with E-state index in [1.807, 2.05) is 0 Å². The van der Waals surface area contributed by atoms with Crippen LogP contribution in [0.5, 0.6) is 0 Å². The molecule has 1 saturated heterocycles. The Morgan fingerprint density at radius 3 is 2.50 bits per heavy atom. The molecule has 1 heterocycles. The van der Waals surface area contributed by atoms with E-state index in [0.717, 1.165) is 43.3 Å². The van der Waals surface area contributed by atoms with Gasteiger partial charge in [0.1, 0.15) is 0 Å². The smallest absolute Gasteiger partial charge is 0.227 e. The standard InChI is InChI=1S/C23H36N2O/c1-2-3-5-18-7-11-21(12-8-18)23(26)25-22-13-9-19(10-14-22)16-20-6-4-15-24-17-20/h9-10,13-14,18,20-21,24H,2-8,11-12,15-17H2,1H3,(H,25,26). The van der Waals surface area contributed by atoms with Crippen LogP contribution in [0.4, 0.5) is 5.69 Å². The number of rotatable bonds is 7. The van der Waals surface area contributed by atoms with Gasteiger partial charge in [0.15, 0.2) is 0 Å². The van der Waals surface area contributed by atoms with Crippen LogP contribution in [0.2, 0.25) is 0 Å². The highest BCUT2D eigenvalue weighted by atomic mass is 16.1. The predicted molar refractivity (Wildman–Crippen MR) is 109 cm³/mol. The molecule has 1 amide bonds. The minimum atomic E-state index is 0.209. The molecule has 1 aromatic rings. The van der Waals surface area contributed by atoms with Gasteiger partial charge < -0.3 is 10.6 Å². The molecule has 1 saturated carbocycles. The molecule has 3 nitrogen and oxygen atoms in total. The number of anilines is 1. The van der Waals surface area contributed by atoms with E-state index in [0.29, 0.717) is 0 Å². The molecule has 0 aromatic heterocycles. The van der Waals surface area contributed by atoms with E-state index in [-0.39, 0.29) is 11.8 Å². The molecule has 1 aliphatic carbocycles. The van der Waals surface area contributed by atoms with Crippen molar-refractivity contribution >= 4 is 11.6 Å². The van der Waals surface area contributed by atoms with Gasteiger partial charge in [-0.1, -0.05) is 38.3 Å². The number of carbonyl (C=O) groups is 1. The summed E-state index contributed by atoms with van der Waals surface area (Å²) in [5.41, 5.74) is 2.33. The second-order valence-corrected chi connectivity index (χ2v) is 8.46. The Kier molecular flexibility index (Phi) is 7.55. The van der Waals surface area contributed by atoms with Crippen LogP contribution in [0.3, 0.4) is 0 Å². The van der Waals surface area contributed by atoms with Crippen LogP contribution >= 0.6 is 0 Å². The number of benzene rings is 1. The summed E-state index contributed by atoms with van der Waals surface area (Å²) in [6, 6.07) is 8.53. The average Bonchev–Trinajstić information content (AvgIpc) is 2.69. The Morgan fingerprint density at radius 2 is 1.85 bits per heavy atom. The highest BCUT2D eigenvalue weighted by Gasteiger charge is 2.26. The SMILES string of the molecule is CCCCC1CCC(C(=O)Nc2ccc(CC3CCCNC3)cc2)CC1. The lowest BCUT2D eigenvalue weighted by Crippen LogP contribution is -2.30. The average molecular weight is 357 g/mol. The Morgan fingerprint density at radius 1 is 1.08 bits per heavy atom. The van der Waals surface area contributed by atoms with Crippen molar-refractivity contribution in [3.63, 3.8) is 0 Å². The second kappa shape index (κ2) is 10.1. The summed E-state index contributed by atoms with van der Waals surface area (Å²) in [7, 11) is 0. The van der Waals surface area contributed by atoms with Crippen molar-refractivity contribution in [1.82, 2.24) is 5.32 Å². The summed E-state index contributed by atoms with van der Waals surface area (Å²) in [4.78, 5) is 12.6. The van der Waals surface area contributed by atoms with Crippen molar-refractivity contribution in [3.05, 3.63) is 29.8 Å². The molecule has 0 bridgehead atoms. The monoisotopic (exact) mass is 356 g/mol. The molecular formula is C23H36N2O. The molecule has 1 unspecified atom stereocenters. The normalized spacial score (nSPS) is 26.4. The van der Waals surface area contributed by atoms with Gasteiger partial charge >= 0.3 is 0 Å². The summed E-state index contributed by atoms with van der Waals surface area (Å²) >= 11 is 0. The van der Waals surface area contributed by atoms with Crippen molar-refractivity contribution in [2.75, 3.05) is 18.4 Å². The summed E-state index contributed by atoms with van der Waals surface area (Å²) < 4.78 is 0. The number of amides is 1. The molecule has 3 heteroatoms. The van der Waals surface area contributed by atoms with Gasteiger partial charge in [-0.2, -0.15) is 0 Å². The highest BCUT2D eigenvalue weighted by Crippen LogP contribution is 2.32. The zero-order chi connectivity index (χ0) is 18.2. The minimum Gasteiger partial charge on any atom is -0.326 e. The number of nitrogens with one attached hydrogen (secondary N) is 2. The first-order chi connectivity index (χ1) is 12.7. The van der Waals surface area contributed by atoms with E-state index >= 15 is 0 Å². The van der Waals surface area contributed by atoms with Gasteiger partial charge in [0.05, 0.1) is 0 Å². The lowest BCUT2D eigenvalue weighted by molar-refractivity contribution is -0.121. The third kappa shape index (κ3) is 5.84. The van der Waals surface area contributed by atoms with Gasteiger partial charge in [0.2, 0.25) is 5.91 Å². The van der Waals surface area contributed by atoms with E-state index in [2.05, 4.69) is 41.8 Å². The van der Waals surface area contributed by atoms with Crippen molar-refractivity contribution < 1.29 is 4.79 Å².